The Hall–Kier alpha value is -3.25. The number of rotatable bonds is 5. The number of hydrogen-bond donors (Lipinski definition) is 0. The maximum Gasteiger partial charge on any atom is 0.284 e. The first kappa shape index (κ1) is 23.5. The Morgan fingerprint density at radius 2 is 1.49 bits per heavy atom. The van der Waals surface area contributed by atoms with Crippen molar-refractivity contribution in [3.8, 4) is 11.4 Å². The summed E-state index contributed by atoms with van der Waals surface area (Å²) in [5, 5.41) is 4.13. The van der Waals surface area contributed by atoms with Crippen LogP contribution in [0.25, 0.3) is 11.4 Å². The lowest BCUT2D eigenvalue weighted by Crippen LogP contribution is -2.48. The highest BCUT2D eigenvalue weighted by Gasteiger charge is 2.24. The maximum atomic E-state index is 13.0. The van der Waals surface area contributed by atoms with Crippen molar-refractivity contribution in [2.45, 2.75) is 4.90 Å². The second kappa shape index (κ2) is 9.78. The molecular formula is C25H22IN5O3S. The summed E-state index contributed by atoms with van der Waals surface area (Å²) in [6, 6.07) is 23.5. The summed E-state index contributed by atoms with van der Waals surface area (Å²) < 4.78 is 28.1. The van der Waals surface area contributed by atoms with Gasteiger partial charge in [-0.3, -0.25) is 4.79 Å². The minimum Gasteiger partial charge on any atom is -0.368 e. The molecule has 1 aliphatic heterocycles. The van der Waals surface area contributed by atoms with Crippen molar-refractivity contribution < 1.29 is 13.2 Å². The fourth-order valence-corrected chi connectivity index (χ4v) is 5.38. The maximum absolute atomic E-state index is 13.0. The van der Waals surface area contributed by atoms with Crippen LogP contribution in [0.15, 0.2) is 90.1 Å². The molecule has 178 valence electrons. The average Bonchev–Trinajstić information content (AvgIpc) is 3.41. The van der Waals surface area contributed by atoms with Gasteiger partial charge in [0.05, 0.1) is 4.90 Å². The normalized spacial score (nSPS) is 14.2. The second-order valence-corrected chi connectivity index (χ2v) is 11.1. The molecule has 0 bridgehead atoms. The molecule has 0 radical (unpaired) electrons. The van der Waals surface area contributed by atoms with Crippen molar-refractivity contribution in [2.24, 2.45) is 0 Å². The molecule has 1 aliphatic rings. The summed E-state index contributed by atoms with van der Waals surface area (Å²) in [5.41, 5.74) is 2.33. The van der Waals surface area contributed by atoms with Crippen LogP contribution in [0.4, 0.5) is 5.69 Å². The predicted octanol–water partition coefficient (Wildman–Crippen LogP) is 3.75. The molecule has 3 aromatic carbocycles. The first-order valence-corrected chi connectivity index (χ1v) is 13.6. The summed E-state index contributed by atoms with van der Waals surface area (Å²) >= 11 is 2.28. The fourth-order valence-electron chi connectivity index (χ4n) is 3.96. The molecule has 0 N–H and O–H groups in total. The largest absolute Gasteiger partial charge is 0.368 e. The van der Waals surface area contributed by atoms with E-state index in [0.717, 1.165) is 28.4 Å². The van der Waals surface area contributed by atoms with Crippen molar-refractivity contribution in [1.82, 2.24) is 19.1 Å². The van der Waals surface area contributed by atoms with Gasteiger partial charge in [0.1, 0.15) is 6.33 Å². The first-order valence-electron chi connectivity index (χ1n) is 11.0. The minimum absolute atomic E-state index is 0.0436. The smallest absolute Gasteiger partial charge is 0.284 e. The van der Waals surface area contributed by atoms with Crippen LogP contribution >= 0.6 is 22.6 Å². The number of carbonyl (C=O) groups is 1. The van der Waals surface area contributed by atoms with Gasteiger partial charge in [0.15, 0.2) is 5.82 Å². The zero-order valence-corrected chi connectivity index (χ0v) is 21.6. The van der Waals surface area contributed by atoms with Crippen molar-refractivity contribution in [2.75, 3.05) is 31.1 Å². The lowest BCUT2D eigenvalue weighted by molar-refractivity contribution is 0.0746. The molecule has 1 saturated heterocycles. The lowest BCUT2D eigenvalue weighted by Gasteiger charge is -2.36. The van der Waals surface area contributed by atoms with Crippen LogP contribution in [0, 0.1) is 3.57 Å². The highest BCUT2D eigenvalue weighted by molar-refractivity contribution is 14.1. The van der Waals surface area contributed by atoms with E-state index in [9.17, 15) is 13.2 Å². The standard InChI is InChI=1S/C25H22IN5O3S/c26-21-8-10-22(11-9-21)29-14-16-30(17-15-29)25(32)20-6-12-23(13-7-20)35(33,34)31-18-27-24(28-31)19-4-2-1-3-5-19/h1-13,18H,14-17H2. The highest BCUT2D eigenvalue weighted by atomic mass is 127. The van der Waals surface area contributed by atoms with Gasteiger partial charge in [0.25, 0.3) is 15.9 Å². The van der Waals surface area contributed by atoms with Crippen LogP contribution in [-0.2, 0) is 10.0 Å². The van der Waals surface area contributed by atoms with Crippen molar-refractivity contribution in [1.29, 1.82) is 0 Å². The van der Waals surface area contributed by atoms with Crippen LogP contribution < -0.4 is 4.90 Å². The van der Waals surface area contributed by atoms with Crippen LogP contribution in [0.1, 0.15) is 10.4 Å². The Morgan fingerprint density at radius 3 is 2.14 bits per heavy atom. The van der Waals surface area contributed by atoms with E-state index in [4.69, 9.17) is 0 Å². The van der Waals surface area contributed by atoms with Gasteiger partial charge in [-0.1, -0.05) is 30.3 Å². The topological polar surface area (TPSA) is 88.4 Å². The Morgan fingerprint density at radius 1 is 0.829 bits per heavy atom. The number of hydrogen-bond acceptors (Lipinski definition) is 6. The number of piperazine rings is 1. The van der Waals surface area contributed by atoms with Gasteiger partial charge in [-0.15, -0.1) is 9.19 Å². The van der Waals surface area contributed by atoms with Gasteiger partial charge >= 0.3 is 0 Å². The quantitative estimate of drug-likeness (QED) is 0.325. The molecule has 0 atom stereocenters. The first-order chi connectivity index (χ1) is 16.9. The van der Waals surface area contributed by atoms with Crippen LogP contribution in [0.3, 0.4) is 0 Å². The molecule has 5 rings (SSSR count). The predicted molar refractivity (Wildman–Crippen MR) is 142 cm³/mol. The number of anilines is 1. The Labute approximate surface area is 217 Å². The summed E-state index contributed by atoms with van der Waals surface area (Å²) in [4.78, 5) is 21.2. The molecule has 1 aromatic heterocycles. The van der Waals surface area contributed by atoms with Crippen molar-refractivity contribution in [3.05, 3.63) is 94.3 Å². The van der Waals surface area contributed by atoms with Crippen molar-refractivity contribution in [3.63, 3.8) is 0 Å². The molecule has 1 amide bonds. The van der Waals surface area contributed by atoms with E-state index in [-0.39, 0.29) is 10.8 Å². The lowest BCUT2D eigenvalue weighted by atomic mass is 10.1. The SMILES string of the molecule is O=C(c1ccc(S(=O)(=O)n2cnc(-c3ccccc3)n2)cc1)N1CCN(c2ccc(I)cc2)CC1. The van der Waals surface area contributed by atoms with E-state index >= 15 is 0 Å². The molecular weight excluding hydrogens is 577 g/mol. The number of carbonyl (C=O) groups excluding carboxylic acids is 1. The van der Waals surface area contributed by atoms with E-state index in [1.807, 2.05) is 30.3 Å². The Kier molecular flexibility index (Phi) is 6.56. The molecule has 4 aromatic rings. The third kappa shape index (κ3) is 4.94. The third-order valence-electron chi connectivity index (χ3n) is 5.91. The second-order valence-electron chi connectivity index (χ2n) is 8.09. The van der Waals surface area contributed by atoms with E-state index in [0.29, 0.717) is 24.5 Å². The van der Waals surface area contributed by atoms with Gasteiger partial charge in [0, 0.05) is 46.6 Å². The molecule has 8 nitrogen and oxygen atoms in total. The van der Waals surface area contributed by atoms with Gasteiger partial charge in [-0.05, 0) is 71.1 Å². The molecule has 1 fully saturated rings. The van der Waals surface area contributed by atoms with Gasteiger partial charge in [-0.25, -0.2) is 4.98 Å². The summed E-state index contributed by atoms with van der Waals surface area (Å²) in [6.07, 6.45) is 1.18. The number of nitrogens with zero attached hydrogens (tertiary/aromatic N) is 5. The van der Waals surface area contributed by atoms with E-state index in [2.05, 4.69) is 61.8 Å². The molecule has 10 heteroatoms. The van der Waals surface area contributed by atoms with Crippen LogP contribution in [0.2, 0.25) is 0 Å². The number of aromatic nitrogens is 3. The number of benzene rings is 3. The molecule has 2 heterocycles. The number of amides is 1. The molecule has 0 saturated carbocycles. The van der Waals surface area contributed by atoms with Crippen molar-refractivity contribution >= 4 is 44.2 Å². The molecule has 0 unspecified atom stereocenters. The Balaban J connectivity index is 1.26. The van der Waals surface area contributed by atoms with Crippen LogP contribution in [-0.4, -0.2) is 59.6 Å². The zero-order valence-electron chi connectivity index (χ0n) is 18.7. The third-order valence-corrected chi connectivity index (χ3v) is 8.16. The zero-order chi connectivity index (χ0) is 24.4. The fraction of sp³-hybridized carbons (Fsp3) is 0.160. The highest BCUT2D eigenvalue weighted by Crippen LogP contribution is 2.21. The average molecular weight is 599 g/mol. The molecule has 0 spiro atoms. The number of halogens is 1. The molecule has 0 aliphatic carbocycles. The van der Waals surface area contributed by atoms with Gasteiger partial charge in [-0.2, -0.15) is 8.42 Å². The van der Waals surface area contributed by atoms with Gasteiger partial charge < -0.3 is 9.80 Å². The monoisotopic (exact) mass is 599 g/mol. The van der Waals surface area contributed by atoms with E-state index < -0.39 is 10.0 Å². The van der Waals surface area contributed by atoms with Crippen LogP contribution in [0.5, 0.6) is 0 Å². The van der Waals surface area contributed by atoms with Gasteiger partial charge in [0.2, 0.25) is 0 Å². The summed E-state index contributed by atoms with van der Waals surface area (Å²) in [6.45, 7) is 2.70. The van der Waals surface area contributed by atoms with E-state index in [1.54, 1.807) is 17.0 Å². The summed E-state index contributed by atoms with van der Waals surface area (Å²) in [5.74, 6) is 0.216. The Bertz CT molecular complexity index is 1430. The minimum atomic E-state index is -3.92. The van der Waals surface area contributed by atoms with E-state index in [1.165, 1.54) is 22.0 Å². The summed E-state index contributed by atoms with van der Waals surface area (Å²) in [7, 11) is -3.92. The molecule has 35 heavy (non-hydrogen) atoms.